The zero-order chi connectivity index (χ0) is 20.5. The van der Waals surface area contributed by atoms with Gasteiger partial charge in [0.2, 0.25) is 0 Å². The Kier molecular flexibility index (Phi) is 4.51. The molecule has 0 amide bonds. The maximum absolute atomic E-state index is 4.88. The molecule has 148 valence electrons. The van der Waals surface area contributed by atoms with Crippen molar-refractivity contribution in [3.8, 4) is 11.4 Å². The molecular formula is C22H20N8. The van der Waals surface area contributed by atoms with Crippen LogP contribution in [-0.2, 0) is 6.54 Å². The van der Waals surface area contributed by atoms with Crippen molar-refractivity contribution >= 4 is 11.0 Å². The van der Waals surface area contributed by atoms with Crippen molar-refractivity contribution in [2.75, 3.05) is 0 Å². The van der Waals surface area contributed by atoms with Gasteiger partial charge in [-0.25, -0.2) is 19.3 Å². The third-order valence-electron chi connectivity index (χ3n) is 5.15. The van der Waals surface area contributed by atoms with E-state index in [0.717, 1.165) is 33.5 Å². The van der Waals surface area contributed by atoms with Crippen LogP contribution in [0, 0.1) is 6.92 Å². The number of rotatable bonds is 5. The monoisotopic (exact) mass is 396 g/mol. The summed E-state index contributed by atoms with van der Waals surface area (Å²) in [6, 6.07) is 14.4. The number of benzene rings is 2. The number of hydrogen-bond donors (Lipinski definition) is 0. The quantitative estimate of drug-likeness (QED) is 0.452. The molecule has 8 heteroatoms. The van der Waals surface area contributed by atoms with Crippen molar-refractivity contribution in [2.45, 2.75) is 26.4 Å². The van der Waals surface area contributed by atoms with E-state index >= 15 is 0 Å². The van der Waals surface area contributed by atoms with Crippen LogP contribution in [0.5, 0.6) is 0 Å². The molecule has 0 bridgehead atoms. The van der Waals surface area contributed by atoms with E-state index < -0.39 is 0 Å². The lowest BCUT2D eigenvalue weighted by atomic mass is 10.0. The molecule has 30 heavy (non-hydrogen) atoms. The number of nitrogens with zero attached hydrogens (tertiary/aromatic N) is 8. The van der Waals surface area contributed by atoms with Crippen molar-refractivity contribution in [1.82, 2.24) is 39.5 Å². The van der Waals surface area contributed by atoms with E-state index in [9.17, 15) is 0 Å². The first kappa shape index (κ1) is 18.1. The fourth-order valence-electron chi connectivity index (χ4n) is 3.58. The standard InChI is InChI=1S/C22H20N8/c1-15-10-19-20(25-9-8-24-19)11-18(15)22-27-21(12-29-14-23-13-26-29)28-30(22)16(2)17-6-4-3-5-7-17/h3-11,13-14,16H,12H2,1-2H3. The average molecular weight is 396 g/mol. The summed E-state index contributed by atoms with van der Waals surface area (Å²) >= 11 is 0. The predicted molar refractivity (Wildman–Crippen MR) is 113 cm³/mol. The van der Waals surface area contributed by atoms with Crippen molar-refractivity contribution in [3.05, 3.63) is 84.5 Å². The van der Waals surface area contributed by atoms with Crippen molar-refractivity contribution < 1.29 is 0 Å². The first-order valence-corrected chi connectivity index (χ1v) is 9.73. The van der Waals surface area contributed by atoms with E-state index in [2.05, 4.69) is 46.0 Å². The third-order valence-corrected chi connectivity index (χ3v) is 5.15. The van der Waals surface area contributed by atoms with Gasteiger partial charge in [0, 0.05) is 18.0 Å². The zero-order valence-electron chi connectivity index (χ0n) is 16.7. The second-order valence-electron chi connectivity index (χ2n) is 7.19. The highest BCUT2D eigenvalue weighted by atomic mass is 15.4. The van der Waals surface area contributed by atoms with E-state index in [4.69, 9.17) is 10.1 Å². The maximum atomic E-state index is 4.88. The smallest absolute Gasteiger partial charge is 0.172 e. The summed E-state index contributed by atoms with van der Waals surface area (Å²) in [5.74, 6) is 1.48. The third kappa shape index (κ3) is 3.32. The molecule has 0 N–H and O–H groups in total. The number of aryl methyl sites for hydroxylation is 1. The van der Waals surface area contributed by atoms with Gasteiger partial charge in [-0.05, 0) is 37.1 Å². The Bertz CT molecular complexity index is 1290. The largest absolute Gasteiger partial charge is 0.253 e. The molecule has 0 saturated carbocycles. The SMILES string of the molecule is Cc1cc2nccnc2cc1-c1nc(Cn2cncn2)nn1C(C)c1ccccc1. The first-order chi connectivity index (χ1) is 14.7. The van der Waals surface area contributed by atoms with Gasteiger partial charge >= 0.3 is 0 Å². The van der Waals surface area contributed by atoms with E-state index in [-0.39, 0.29) is 6.04 Å². The molecule has 5 rings (SSSR count). The fourth-order valence-corrected chi connectivity index (χ4v) is 3.58. The summed E-state index contributed by atoms with van der Waals surface area (Å²) in [6.45, 7) is 4.64. The summed E-state index contributed by atoms with van der Waals surface area (Å²) in [5, 5.41) is 9.02. The predicted octanol–water partition coefficient (Wildman–Crippen LogP) is 3.45. The van der Waals surface area contributed by atoms with Crippen LogP contribution >= 0.6 is 0 Å². The maximum Gasteiger partial charge on any atom is 0.172 e. The lowest BCUT2D eigenvalue weighted by molar-refractivity contribution is 0.553. The Morgan fingerprint density at radius 1 is 1.00 bits per heavy atom. The summed E-state index contributed by atoms with van der Waals surface area (Å²) in [5.41, 5.74) is 4.92. The molecule has 1 atom stereocenters. The van der Waals surface area contributed by atoms with Crippen LogP contribution in [-0.4, -0.2) is 39.5 Å². The molecule has 0 radical (unpaired) electrons. The van der Waals surface area contributed by atoms with Crippen LogP contribution < -0.4 is 0 Å². The highest BCUT2D eigenvalue weighted by molar-refractivity contribution is 5.81. The van der Waals surface area contributed by atoms with Crippen molar-refractivity contribution in [2.24, 2.45) is 0 Å². The van der Waals surface area contributed by atoms with Gasteiger partial charge in [-0.15, -0.1) is 0 Å². The van der Waals surface area contributed by atoms with E-state index in [1.807, 2.05) is 35.0 Å². The molecule has 3 heterocycles. The molecule has 0 saturated heterocycles. The van der Waals surface area contributed by atoms with E-state index in [0.29, 0.717) is 12.4 Å². The van der Waals surface area contributed by atoms with Gasteiger partial charge in [0.25, 0.3) is 0 Å². The van der Waals surface area contributed by atoms with Gasteiger partial charge < -0.3 is 0 Å². The average Bonchev–Trinajstić information content (AvgIpc) is 3.44. The zero-order valence-corrected chi connectivity index (χ0v) is 16.7. The minimum Gasteiger partial charge on any atom is -0.253 e. The molecule has 3 aromatic heterocycles. The van der Waals surface area contributed by atoms with Crippen LogP contribution in [0.3, 0.4) is 0 Å². The molecule has 2 aromatic carbocycles. The summed E-state index contributed by atoms with van der Waals surface area (Å²) in [6.07, 6.45) is 6.58. The Morgan fingerprint density at radius 3 is 2.50 bits per heavy atom. The Morgan fingerprint density at radius 2 is 1.77 bits per heavy atom. The Labute approximate surface area is 173 Å². The van der Waals surface area contributed by atoms with Crippen molar-refractivity contribution in [1.29, 1.82) is 0 Å². The van der Waals surface area contributed by atoms with Crippen LogP contribution in [0.4, 0.5) is 0 Å². The minimum absolute atomic E-state index is 0.00940. The molecule has 0 spiro atoms. The molecule has 0 aliphatic heterocycles. The second-order valence-corrected chi connectivity index (χ2v) is 7.19. The van der Waals surface area contributed by atoms with Crippen molar-refractivity contribution in [3.63, 3.8) is 0 Å². The second kappa shape index (κ2) is 7.47. The summed E-state index contributed by atoms with van der Waals surface area (Å²) < 4.78 is 3.70. The van der Waals surface area contributed by atoms with Gasteiger partial charge in [-0.1, -0.05) is 30.3 Å². The van der Waals surface area contributed by atoms with Gasteiger partial charge in [0.15, 0.2) is 11.6 Å². The number of hydrogen-bond acceptors (Lipinski definition) is 6. The van der Waals surface area contributed by atoms with E-state index in [1.54, 1.807) is 23.4 Å². The summed E-state index contributed by atoms with van der Waals surface area (Å²) in [4.78, 5) is 17.8. The number of fused-ring (bicyclic) bond motifs is 1. The van der Waals surface area contributed by atoms with E-state index in [1.165, 1.54) is 6.33 Å². The van der Waals surface area contributed by atoms with Crippen LogP contribution in [0.25, 0.3) is 22.4 Å². The van der Waals surface area contributed by atoms with Gasteiger partial charge in [-0.2, -0.15) is 10.2 Å². The molecule has 8 nitrogen and oxygen atoms in total. The molecule has 5 aromatic rings. The lowest BCUT2D eigenvalue weighted by Crippen LogP contribution is -2.11. The summed E-state index contributed by atoms with van der Waals surface area (Å²) in [7, 11) is 0. The molecule has 0 aliphatic rings. The highest BCUT2D eigenvalue weighted by Crippen LogP contribution is 2.29. The van der Waals surface area contributed by atoms with Crippen LogP contribution in [0.1, 0.15) is 29.9 Å². The topological polar surface area (TPSA) is 87.2 Å². The highest BCUT2D eigenvalue weighted by Gasteiger charge is 2.20. The molecule has 1 unspecified atom stereocenters. The Balaban J connectivity index is 1.66. The van der Waals surface area contributed by atoms with Gasteiger partial charge in [0.1, 0.15) is 19.2 Å². The van der Waals surface area contributed by atoms with Gasteiger partial charge in [-0.3, -0.25) is 9.97 Å². The minimum atomic E-state index is 0.00940. The molecule has 0 aliphatic carbocycles. The van der Waals surface area contributed by atoms with Gasteiger partial charge in [0.05, 0.1) is 17.1 Å². The normalized spacial score (nSPS) is 12.3. The molecule has 0 fully saturated rings. The van der Waals surface area contributed by atoms with Crippen LogP contribution in [0.2, 0.25) is 0 Å². The first-order valence-electron chi connectivity index (χ1n) is 9.73. The van der Waals surface area contributed by atoms with Crippen LogP contribution in [0.15, 0.2) is 67.5 Å². The lowest BCUT2D eigenvalue weighted by Gasteiger charge is -2.16. The fraction of sp³-hybridized carbons (Fsp3) is 0.182. The number of aromatic nitrogens is 8. The molecular weight excluding hydrogens is 376 g/mol. The Hall–Kier alpha value is -3.94.